The molecule has 0 aliphatic carbocycles. The number of hydrogen-bond acceptors (Lipinski definition) is 1. The van der Waals surface area contributed by atoms with Crippen molar-refractivity contribution in [2.24, 2.45) is 11.7 Å². The normalized spacial score (nSPS) is 13.3. The van der Waals surface area contributed by atoms with Crippen LogP contribution in [0.15, 0.2) is 18.2 Å². The molecule has 0 spiro atoms. The second kappa shape index (κ2) is 5.01. The predicted molar refractivity (Wildman–Crippen MR) is 63.1 cm³/mol. The van der Waals surface area contributed by atoms with Crippen molar-refractivity contribution >= 4 is 23.2 Å². The van der Waals surface area contributed by atoms with E-state index in [-0.39, 0.29) is 0 Å². The van der Waals surface area contributed by atoms with Crippen molar-refractivity contribution in [1.29, 1.82) is 0 Å². The van der Waals surface area contributed by atoms with E-state index in [1.807, 2.05) is 12.1 Å². The molecule has 0 bridgehead atoms. The van der Waals surface area contributed by atoms with Crippen molar-refractivity contribution in [1.82, 2.24) is 0 Å². The zero-order valence-corrected chi connectivity index (χ0v) is 9.94. The minimum absolute atomic E-state index is 0.325. The molecule has 1 atom stereocenters. The molecular weight excluding hydrogens is 217 g/mol. The van der Waals surface area contributed by atoms with Crippen LogP contribution >= 0.6 is 23.2 Å². The molecule has 0 fully saturated rings. The second-order valence-electron chi connectivity index (χ2n) is 3.79. The van der Waals surface area contributed by atoms with Crippen LogP contribution in [0.2, 0.25) is 10.0 Å². The van der Waals surface area contributed by atoms with E-state index < -0.39 is 0 Å². The highest BCUT2D eigenvalue weighted by molar-refractivity contribution is 6.34. The Morgan fingerprint density at radius 1 is 1.14 bits per heavy atom. The Balaban J connectivity index is 3.04. The van der Waals surface area contributed by atoms with Gasteiger partial charge in [-0.3, -0.25) is 0 Å². The number of rotatable bonds is 3. The summed E-state index contributed by atoms with van der Waals surface area (Å²) < 4.78 is 0. The third-order valence-electron chi connectivity index (χ3n) is 2.37. The van der Waals surface area contributed by atoms with Gasteiger partial charge in [-0.25, -0.2) is 0 Å². The van der Waals surface area contributed by atoms with Gasteiger partial charge in [0.25, 0.3) is 0 Å². The quantitative estimate of drug-likeness (QED) is 0.844. The molecule has 1 rings (SSSR count). The van der Waals surface area contributed by atoms with E-state index >= 15 is 0 Å². The van der Waals surface area contributed by atoms with Gasteiger partial charge < -0.3 is 5.73 Å². The van der Waals surface area contributed by atoms with Gasteiger partial charge in [0.1, 0.15) is 0 Å². The average molecular weight is 232 g/mol. The number of nitrogens with two attached hydrogens (primary N) is 1. The lowest BCUT2D eigenvalue weighted by Crippen LogP contribution is -2.17. The van der Waals surface area contributed by atoms with Crippen LogP contribution in [-0.2, 0) is 0 Å². The van der Waals surface area contributed by atoms with E-state index in [1.165, 1.54) is 0 Å². The van der Waals surface area contributed by atoms with Crippen LogP contribution in [0.3, 0.4) is 0 Å². The fourth-order valence-electron chi connectivity index (χ4n) is 1.58. The summed E-state index contributed by atoms with van der Waals surface area (Å²) in [6.45, 7) is 4.91. The molecule has 0 saturated heterocycles. The van der Waals surface area contributed by atoms with Gasteiger partial charge in [-0.2, -0.15) is 0 Å². The zero-order valence-electron chi connectivity index (χ0n) is 8.43. The fraction of sp³-hybridized carbons (Fsp3) is 0.455. The Bertz CT molecular complexity index is 290. The Kier molecular flexibility index (Phi) is 4.24. The third-order valence-corrected chi connectivity index (χ3v) is 2.81. The van der Waals surface area contributed by atoms with Gasteiger partial charge in [-0.15, -0.1) is 0 Å². The first kappa shape index (κ1) is 11.8. The Morgan fingerprint density at radius 2 is 1.64 bits per heavy atom. The summed E-state index contributed by atoms with van der Waals surface area (Å²) in [6, 6.07) is 5.61. The Hall–Kier alpha value is -0.240. The van der Waals surface area contributed by atoms with Crippen molar-refractivity contribution in [3.63, 3.8) is 0 Å². The molecule has 1 nitrogen and oxygen atoms in total. The maximum absolute atomic E-state index is 5.93. The van der Waals surface area contributed by atoms with Crippen LogP contribution < -0.4 is 5.73 Å². The molecule has 2 N–H and O–H groups in total. The summed E-state index contributed by atoms with van der Waals surface area (Å²) in [6.07, 6.45) is 0. The molecule has 0 radical (unpaired) electrons. The fourth-order valence-corrected chi connectivity index (χ4v) is 2.13. The Labute approximate surface area is 95.2 Å². The summed E-state index contributed by atoms with van der Waals surface area (Å²) in [5.41, 5.74) is 6.84. The van der Waals surface area contributed by atoms with Gasteiger partial charge in [0.05, 0.1) is 0 Å². The average Bonchev–Trinajstić information content (AvgIpc) is 2.02. The van der Waals surface area contributed by atoms with E-state index in [1.54, 1.807) is 6.07 Å². The highest BCUT2D eigenvalue weighted by atomic mass is 35.5. The van der Waals surface area contributed by atoms with Gasteiger partial charge >= 0.3 is 0 Å². The van der Waals surface area contributed by atoms with Crippen LogP contribution in [0.25, 0.3) is 0 Å². The molecule has 1 unspecified atom stereocenters. The third kappa shape index (κ3) is 2.88. The van der Waals surface area contributed by atoms with Crippen molar-refractivity contribution in [2.75, 3.05) is 6.54 Å². The minimum atomic E-state index is 0.325. The molecule has 0 saturated carbocycles. The van der Waals surface area contributed by atoms with E-state index in [0.717, 1.165) is 5.56 Å². The summed E-state index contributed by atoms with van der Waals surface area (Å²) in [5, 5.41) is 1.35. The van der Waals surface area contributed by atoms with Crippen molar-refractivity contribution in [3.8, 4) is 0 Å². The second-order valence-corrected chi connectivity index (χ2v) is 4.66. The van der Waals surface area contributed by atoms with E-state index in [2.05, 4.69) is 13.8 Å². The SMILES string of the molecule is CC(C)C(CN)c1cc(Cl)cc(Cl)c1. The summed E-state index contributed by atoms with van der Waals surface area (Å²) in [7, 11) is 0. The van der Waals surface area contributed by atoms with Gasteiger partial charge in [0.15, 0.2) is 0 Å². The standard InChI is InChI=1S/C11H15Cl2N/c1-7(2)11(6-14)8-3-9(12)5-10(13)4-8/h3-5,7,11H,6,14H2,1-2H3. The molecule has 0 aromatic heterocycles. The first-order chi connectivity index (χ1) is 6.54. The molecule has 0 aliphatic heterocycles. The Morgan fingerprint density at radius 3 is 2.00 bits per heavy atom. The maximum Gasteiger partial charge on any atom is 0.0423 e. The first-order valence-electron chi connectivity index (χ1n) is 4.70. The summed E-state index contributed by atoms with van der Waals surface area (Å²) >= 11 is 11.9. The van der Waals surface area contributed by atoms with Crippen molar-refractivity contribution in [3.05, 3.63) is 33.8 Å². The van der Waals surface area contributed by atoms with Crippen LogP contribution in [0, 0.1) is 5.92 Å². The molecule has 0 aliphatic rings. The smallest absolute Gasteiger partial charge is 0.0423 e. The van der Waals surface area contributed by atoms with Crippen LogP contribution in [-0.4, -0.2) is 6.54 Å². The lowest BCUT2D eigenvalue weighted by molar-refractivity contribution is 0.506. The largest absolute Gasteiger partial charge is 0.330 e. The van der Waals surface area contributed by atoms with Crippen molar-refractivity contribution < 1.29 is 0 Å². The summed E-state index contributed by atoms with van der Waals surface area (Å²) in [5.74, 6) is 0.820. The summed E-state index contributed by atoms with van der Waals surface area (Å²) in [4.78, 5) is 0. The van der Waals surface area contributed by atoms with Crippen LogP contribution in [0.4, 0.5) is 0 Å². The molecule has 1 aromatic carbocycles. The molecule has 0 heterocycles. The van der Waals surface area contributed by atoms with E-state index in [9.17, 15) is 0 Å². The topological polar surface area (TPSA) is 26.0 Å². The van der Waals surface area contributed by atoms with Crippen LogP contribution in [0.5, 0.6) is 0 Å². The first-order valence-corrected chi connectivity index (χ1v) is 5.46. The lowest BCUT2D eigenvalue weighted by Gasteiger charge is -2.19. The number of benzene rings is 1. The molecule has 0 amide bonds. The van der Waals surface area contributed by atoms with E-state index in [4.69, 9.17) is 28.9 Å². The molecule has 78 valence electrons. The van der Waals surface area contributed by atoms with E-state index in [0.29, 0.717) is 28.4 Å². The molecule has 14 heavy (non-hydrogen) atoms. The highest BCUT2D eigenvalue weighted by Crippen LogP contribution is 2.28. The van der Waals surface area contributed by atoms with Gasteiger partial charge in [0.2, 0.25) is 0 Å². The number of hydrogen-bond donors (Lipinski definition) is 1. The molecule has 3 heteroatoms. The maximum atomic E-state index is 5.93. The zero-order chi connectivity index (χ0) is 10.7. The molecule has 1 aromatic rings. The van der Waals surface area contributed by atoms with Gasteiger partial charge in [-0.05, 0) is 42.1 Å². The lowest BCUT2D eigenvalue weighted by atomic mass is 9.89. The monoisotopic (exact) mass is 231 g/mol. The van der Waals surface area contributed by atoms with Gasteiger partial charge in [0, 0.05) is 10.0 Å². The number of halogens is 2. The minimum Gasteiger partial charge on any atom is -0.330 e. The molecular formula is C11H15Cl2N. The van der Waals surface area contributed by atoms with Crippen molar-refractivity contribution in [2.45, 2.75) is 19.8 Å². The van der Waals surface area contributed by atoms with Gasteiger partial charge in [-0.1, -0.05) is 37.0 Å². The predicted octanol–water partition coefficient (Wildman–Crippen LogP) is 3.69. The highest BCUT2D eigenvalue weighted by Gasteiger charge is 2.14. The van der Waals surface area contributed by atoms with Crippen LogP contribution in [0.1, 0.15) is 25.3 Å².